The van der Waals surface area contributed by atoms with Crippen molar-refractivity contribution in [3.63, 3.8) is 0 Å². The molecule has 0 spiro atoms. The van der Waals surface area contributed by atoms with Gasteiger partial charge in [-0.05, 0) is 25.7 Å². The maximum Gasteiger partial charge on any atom is 0.202 e. The van der Waals surface area contributed by atoms with Crippen molar-refractivity contribution >= 4 is 17.1 Å². The Hall–Kier alpha value is -1.56. The second kappa shape index (κ2) is 6.06. The van der Waals surface area contributed by atoms with Crippen LogP contribution in [0.3, 0.4) is 0 Å². The highest BCUT2D eigenvalue weighted by molar-refractivity contribution is 5.77. The van der Waals surface area contributed by atoms with Gasteiger partial charge in [0.25, 0.3) is 0 Å². The molecule has 0 aromatic carbocycles. The van der Waals surface area contributed by atoms with Gasteiger partial charge in [0.1, 0.15) is 5.52 Å². The molecule has 6 heteroatoms. The minimum absolute atomic E-state index is 0.587. The third-order valence-corrected chi connectivity index (χ3v) is 3.39. The average molecular weight is 265 g/mol. The van der Waals surface area contributed by atoms with Gasteiger partial charge in [-0.1, -0.05) is 6.92 Å². The third-order valence-electron chi connectivity index (χ3n) is 3.39. The number of imidazole rings is 1. The number of methoxy groups -OCH3 is 1. The molecule has 0 bridgehead atoms. The molecule has 0 aliphatic heterocycles. The Labute approximate surface area is 113 Å². The Kier molecular flexibility index (Phi) is 4.42. The van der Waals surface area contributed by atoms with E-state index in [9.17, 15) is 0 Å². The van der Waals surface area contributed by atoms with Crippen LogP contribution in [0.15, 0.2) is 0 Å². The summed E-state index contributed by atoms with van der Waals surface area (Å²) < 4.78 is 9.00. The first-order valence-corrected chi connectivity index (χ1v) is 6.85. The van der Waals surface area contributed by atoms with Crippen molar-refractivity contribution in [3.05, 3.63) is 5.69 Å². The summed E-state index contributed by atoms with van der Waals surface area (Å²) in [6.07, 6.45) is 4.17. The summed E-state index contributed by atoms with van der Waals surface area (Å²) in [5.41, 5.74) is 9.01. The molecular formula is C13H23N5O. The van der Waals surface area contributed by atoms with E-state index in [-0.39, 0.29) is 0 Å². The molecule has 6 nitrogen and oxygen atoms in total. The van der Waals surface area contributed by atoms with Crippen LogP contribution in [-0.4, -0.2) is 33.0 Å². The van der Waals surface area contributed by atoms with E-state index in [1.54, 1.807) is 7.11 Å². The van der Waals surface area contributed by atoms with Crippen LogP contribution in [0.5, 0.6) is 0 Å². The van der Waals surface area contributed by atoms with E-state index in [1.807, 2.05) is 11.7 Å². The van der Waals surface area contributed by atoms with Crippen LogP contribution in [0.25, 0.3) is 11.2 Å². The Morgan fingerprint density at radius 1 is 1.26 bits per heavy atom. The van der Waals surface area contributed by atoms with Crippen LogP contribution in [0.2, 0.25) is 0 Å². The molecule has 0 saturated carbocycles. The molecule has 0 fully saturated rings. The molecule has 2 aromatic heterocycles. The van der Waals surface area contributed by atoms with Crippen molar-refractivity contribution in [2.45, 2.75) is 39.2 Å². The minimum atomic E-state index is 0.587. The monoisotopic (exact) mass is 265 g/mol. The summed E-state index contributed by atoms with van der Waals surface area (Å²) >= 11 is 0. The zero-order valence-corrected chi connectivity index (χ0v) is 12.0. The molecule has 0 unspecified atom stereocenters. The number of fused-ring (bicyclic) bond motifs is 1. The highest BCUT2D eigenvalue weighted by Gasteiger charge is 2.16. The van der Waals surface area contributed by atoms with Crippen molar-refractivity contribution in [3.8, 4) is 0 Å². The summed E-state index contributed by atoms with van der Waals surface area (Å²) in [5.74, 6) is 0.587. The van der Waals surface area contributed by atoms with Crippen molar-refractivity contribution in [1.82, 2.24) is 19.3 Å². The van der Waals surface area contributed by atoms with Crippen molar-refractivity contribution < 1.29 is 4.74 Å². The number of aryl methyl sites for hydroxylation is 3. The van der Waals surface area contributed by atoms with Crippen LogP contribution >= 0.6 is 0 Å². The molecule has 0 aliphatic carbocycles. The quantitative estimate of drug-likeness (QED) is 0.774. The normalized spacial score (nSPS) is 11.5. The van der Waals surface area contributed by atoms with Crippen molar-refractivity contribution in [2.75, 3.05) is 19.5 Å². The predicted octanol–water partition coefficient (Wildman–Crippen LogP) is 1.73. The van der Waals surface area contributed by atoms with Crippen LogP contribution in [0, 0.1) is 0 Å². The van der Waals surface area contributed by atoms with E-state index in [0.29, 0.717) is 5.95 Å². The number of rotatable bonds is 7. The predicted molar refractivity (Wildman–Crippen MR) is 76.0 cm³/mol. The molecule has 0 atom stereocenters. The molecule has 2 rings (SSSR count). The van der Waals surface area contributed by atoms with E-state index in [0.717, 1.165) is 55.7 Å². The van der Waals surface area contributed by atoms with Gasteiger partial charge in [-0.2, -0.15) is 5.10 Å². The summed E-state index contributed by atoms with van der Waals surface area (Å²) in [7, 11) is 3.68. The number of hydrogen-bond donors (Lipinski definition) is 1. The summed E-state index contributed by atoms with van der Waals surface area (Å²) in [4.78, 5) is 4.45. The lowest BCUT2D eigenvalue weighted by Gasteiger charge is -2.06. The fraction of sp³-hybridized carbons (Fsp3) is 0.692. The molecule has 2 N–H and O–H groups in total. The number of anilines is 1. The molecule has 0 radical (unpaired) electrons. The Balaban J connectivity index is 2.13. The van der Waals surface area contributed by atoms with Gasteiger partial charge in [0.05, 0.1) is 5.69 Å². The lowest BCUT2D eigenvalue weighted by Crippen LogP contribution is -2.07. The maximum absolute atomic E-state index is 6.02. The standard InChI is InChI=1S/C13H23N5O/c1-4-10-11-12(17(2)16-10)18(13(14)15-11)8-6-5-7-9-19-3/h4-9H2,1-3H3,(H2,14,15). The van der Waals surface area contributed by atoms with E-state index in [4.69, 9.17) is 10.5 Å². The van der Waals surface area contributed by atoms with Gasteiger partial charge in [-0.25, -0.2) is 4.98 Å². The fourth-order valence-electron chi connectivity index (χ4n) is 2.41. The molecule has 106 valence electrons. The second-order valence-corrected chi connectivity index (χ2v) is 4.77. The minimum Gasteiger partial charge on any atom is -0.385 e. The van der Waals surface area contributed by atoms with Gasteiger partial charge >= 0.3 is 0 Å². The zero-order valence-electron chi connectivity index (χ0n) is 12.0. The van der Waals surface area contributed by atoms with Crippen LogP contribution in [0.4, 0.5) is 5.95 Å². The number of unbranched alkanes of at least 4 members (excludes halogenated alkanes) is 2. The highest BCUT2D eigenvalue weighted by Crippen LogP contribution is 2.21. The molecule has 0 saturated heterocycles. The Morgan fingerprint density at radius 3 is 2.74 bits per heavy atom. The van der Waals surface area contributed by atoms with E-state index in [2.05, 4.69) is 21.6 Å². The van der Waals surface area contributed by atoms with Gasteiger partial charge < -0.3 is 10.5 Å². The Morgan fingerprint density at radius 2 is 2.05 bits per heavy atom. The molecule has 0 aliphatic rings. The number of nitrogen functional groups attached to an aromatic ring is 1. The van der Waals surface area contributed by atoms with E-state index < -0.39 is 0 Å². The number of nitrogens with two attached hydrogens (primary N) is 1. The van der Waals surface area contributed by atoms with Gasteiger partial charge in [0.15, 0.2) is 5.65 Å². The smallest absolute Gasteiger partial charge is 0.202 e. The number of hydrogen-bond acceptors (Lipinski definition) is 4. The molecule has 2 aromatic rings. The van der Waals surface area contributed by atoms with Gasteiger partial charge in [0.2, 0.25) is 5.95 Å². The first-order chi connectivity index (χ1) is 9.19. The van der Waals surface area contributed by atoms with Crippen LogP contribution in [0.1, 0.15) is 31.9 Å². The maximum atomic E-state index is 6.02. The van der Waals surface area contributed by atoms with Gasteiger partial charge in [-0.15, -0.1) is 0 Å². The Bertz CT molecular complexity index is 543. The number of ether oxygens (including phenoxy) is 1. The summed E-state index contributed by atoms with van der Waals surface area (Å²) in [6.45, 7) is 3.79. The number of aromatic nitrogens is 4. The van der Waals surface area contributed by atoms with E-state index >= 15 is 0 Å². The molecule has 0 amide bonds. The summed E-state index contributed by atoms with van der Waals surface area (Å²) in [6, 6.07) is 0. The van der Waals surface area contributed by atoms with Gasteiger partial charge in [-0.3, -0.25) is 9.25 Å². The van der Waals surface area contributed by atoms with Crippen LogP contribution in [-0.2, 0) is 24.8 Å². The lowest BCUT2D eigenvalue weighted by molar-refractivity contribution is 0.191. The topological polar surface area (TPSA) is 70.9 Å². The fourth-order valence-corrected chi connectivity index (χ4v) is 2.41. The average Bonchev–Trinajstić information content (AvgIpc) is 2.87. The zero-order chi connectivity index (χ0) is 13.8. The highest BCUT2D eigenvalue weighted by atomic mass is 16.5. The molecular weight excluding hydrogens is 242 g/mol. The molecule has 19 heavy (non-hydrogen) atoms. The van der Waals surface area contributed by atoms with Crippen molar-refractivity contribution in [1.29, 1.82) is 0 Å². The first kappa shape index (κ1) is 13.9. The molecule has 2 heterocycles. The van der Waals surface area contributed by atoms with Crippen LogP contribution < -0.4 is 5.73 Å². The third kappa shape index (κ3) is 2.73. The SMILES string of the molecule is CCc1nn(C)c2c1nc(N)n2CCCCCOC. The van der Waals surface area contributed by atoms with Gasteiger partial charge in [0, 0.05) is 27.3 Å². The second-order valence-electron chi connectivity index (χ2n) is 4.77. The lowest BCUT2D eigenvalue weighted by atomic mass is 10.2. The largest absolute Gasteiger partial charge is 0.385 e. The van der Waals surface area contributed by atoms with E-state index in [1.165, 1.54) is 0 Å². The van der Waals surface area contributed by atoms with Crippen molar-refractivity contribution in [2.24, 2.45) is 7.05 Å². The first-order valence-electron chi connectivity index (χ1n) is 6.85. The summed E-state index contributed by atoms with van der Waals surface area (Å²) in [5, 5.41) is 4.49. The number of nitrogens with zero attached hydrogens (tertiary/aromatic N) is 4.